The number of hydrogen-bond donors (Lipinski definition) is 0. The Labute approximate surface area is 160 Å². The SMILES string of the molecule is CN(CCOc1ccccc1F)C(=O)CN1CCN(C(=O)C(C)(C)C)CC1. The van der Waals surface area contributed by atoms with Gasteiger partial charge in [-0.2, -0.15) is 0 Å². The van der Waals surface area contributed by atoms with Gasteiger partial charge in [-0.3, -0.25) is 14.5 Å². The minimum absolute atomic E-state index is 0.0114. The summed E-state index contributed by atoms with van der Waals surface area (Å²) in [6.07, 6.45) is 0. The van der Waals surface area contributed by atoms with Crippen molar-refractivity contribution >= 4 is 11.8 Å². The Kier molecular flexibility index (Phi) is 7.18. The number of carbonyl (C=O) groups excluding carboxylic acids is 2. The first-order valence-electron chi connectivity index (χ1n) is 9.31. The number of benzene rings is 1. The maximum atomic E-state index is 13.5. The van der Waals surface area contributed by atoms with Crippen molar-refractivity contribution in [1.29, 1.82) is 0 Å². The molecule has 2 amide bonds. The Balaban J connectivity index is 1.71. The molecule has 2 rings (SSSR count). The number of carbonyl (C=O) groups is 2. The molecule has 0 bridgehead atoms. The number of halogens is 1. The van der Waals surface area contributed by atoms with Gasteiger partial charge in [0.05, 0.1) is 13.1 Å². The first kappa shape index (κ1) is 21.2. The van der Waals surface area contributed by atoms with Crippen LogP contribution in [0.4, 0.5) is 4.39 Å². The van der Waals surface area contributed by atoms with Gasteiger partial charge in [0.25, 0.3) is 0 Å². The lowest BCUT2D eigenvalue weighted by atomic mass is 9.94. The second kappa shape index (κ2) is 9.17. The number of hydrogen-bond acceptors (Lipinski definition) is 4. The van der Waals surface area contributed by atoms with E-state index in [-0.39, 0.29) is 29.6 Å². The predicted octanol–water partition coefficient (Wildman–Crippen LogP) is 1.85. The highest BCUT2D eigenvalue weighted by Crippen LogP contribution is 2.18. The molecular formula is C20H30FN3O3. The second-order valence-corrected chi connectivity index (χ2v) is 7.91. The number of ether oxygens (including phenoxy) is 1. The van der Waals surface area contributed by atoms with E-state index >= 15 is 0 Å². The molecule has 0 aromatic heterocycles. The molecule has 6 nitrogen and oxygen atoms in total. The largest absolute Gasteiger partial charge is 0.489 e. The molecule has 1 aromatic carbocycles. The molecule has 0 radical (unpaired) electrons. The standard InChI is InChI=1S/C20H30FN3O3/c1-20(2,3)19(26)24-11-9-23(10-12-24)15-18(25)22(4)13-14-27-17-8-6-5-7-16(17)21/h5-8H,9-15H2,1-4H3. The van der Waals surface area contributed by atoms with Crippen molar-refractivity contribution in [3.05, 3.63) is 30.1 Å². The predicted molar refractivity (Wildman–Crippen MR) is 102 cm³/mol. The first-order chi connectivity index (χ1) is 12.7. The van der Waals surface area contributed by atoms with Gasteiger partial charge >= 0.3 is 0 Å². The summed E-state index contributed by atoms with van der Waals surface area (Å²) in [5, 5.41) is 0. The Morgan fingerprint density at radius 2 is 1.78 bits per heavy atom. The van der Waals surface area contributed by atoms with Crippen LogP contribution in [0.15, 0.2) is 24.3 Å². The molecule has 1 aliphatic heterocycles. The highest BCUT2D eigenvalue weighted by atomic mass is 19.1. The van der Waals surface area contributed by atoms with E-state index in [1.165, 1.54) is 6.07 Å². The quantitative estimate of drug-likeness (QED) is 0.757. The van der Waals surface area contributed by atoms with Gasteiger partial charge in [-0.1, -0.05) is 32.9 Å². The monoisotopic (exact) mass is 379 g/mol. The fourth-order valence-electron chi connectivity index (χ4n) is 2.87. The summed E-state index contributed by atoms with van der Waals surface area (Å²) in [7, 11) is 1.71. The zero-order valence-corrected chi connectivity index (χ0v) is 16.7. The van der Waals surface area contributed by atoms with E-state index in [9.17, 15) is 14.0 Å². The molecule has 0 atom stereocenters. The lowest BCUT2D eigenvalue weighted by molar-refractivity contribution is -0.141. The first-order valence-corrected chi connectivity index (χ1v) is 9.31. The molecule has 0 unspecified atom stereocenters. The summed E-state index contributed by atoms with van der Waals surface area (Å²) in [4.78, 5) is 30.2. The summed E-state index contributed by atoms with van der Waals surface area (Å²) in [5.41, 5.74) is -0.379. The molecular weight excluding hydrogens is 349 g/mol. The molecule has 0 saturated carbocycles. The smallest absolute Gasteiger partial charge is 0.236 e. The Bertz CT molecular complexity index is 652. The van der Waals surface area contributed by atoms with Crippen LogP contribution in [-0.2, 0) is 9.59 Å². The van der Waals surface area contributed by atoms with Crippen LogP contribution < -0.4 is 4.74 Å². The molecule has 1 fully saturated rings. The lowest BCUT2D eigenvalue weighted by Gasteiger charge is -2.37. The van der Waals surface area contributed by atoms with Crippen LogP contribution >= 0.6 is 0 Å². The molecule has 1 aromatic rings. The van der Waals surface area contributed by atoms with Crippen LogP contribution in [0.25, 0.3) is 0 Å². The van der Waals surface area contributed by atoms with E-state index in [4.69, 9.17) is 4.74 Å². The lowest BCUT2D eigenvalue weighted by Crippen LogP contribution is -2.53. The van der Waals surface area contributed by atoms with Gasteiger partial charge in [0.15, 0.2) is 11.6 Å². The van der Waals surface area contributed by atoms with Gasteiger partial charge in [0.1, 0.15) is 6.61 Å². The van der Waals surface area contributed by atoms with Crippen LogP contribution in [-0.4, -0.2) is 79.4 Å². The number of nitrogens with zero attached hydrogens (tertiary/aromatic N) is 3. The molecule has 27 heavy (non-hydrogen) atoms. The number of likely N-dealkylation sites (N-methyl/N-ethyl adjacent to an activating group) is 1. The number of para-hydroxylation sites is 1. The van der Waals surface area contributed by atoms with E-state index in [0.717, 1.165) is 0 Å². The van der Waals surface area contributed by atoms with E-state index in [1.807, 2.05) is 25.7 Å². The van der Waals surface area contributed by atoms with Crippen molar-refractivity contribution < 1.29 is 18.7 Å². The maximum absolute atomic E-state index is 13.5. The second-order valence-electron chi connectivity index (χ2n) is 7.91. The third kappa shape index (κ3) is 6.20. The average molecular weight is 379 g/mol. The van der Waals surface area contributed by atoms with Crippen molar-refractivity contribution in [2.45, 2.75) is 20.8 Å². The van der Waals surface area contributed by atoms with E-state index < -0.39 is 5.82 Å². The summed E-state index contributed by atoms with van der Waals surface area (Å²) in [5.74, 6) is -0.0780. The summed E-state index contributed by atoms with van der Waals surface area (Å²) < 4.78 is 18.9. The third-order valence-electron chi connectivity index (χ3n) is 4.61. The van der Waals surface area contributed by atoms with E-state index in [0.29, 0.717) is 39.3 Å². The number of amides is 2. The van der Waals surface area contributed by atoms with Gasteiger partial charge in [-0.05, 0) is 12.1 Å². The minimum atomic E-state index is -0.408. The highest BCUT2D eigenvalue weighted by molar-refractivity contribution is 5.81. The normalized spacial score (nSPS) is 15.5. The van der Waals surface area contributed by atoms with Crippen LogP contribution in [0.3, 0.4) is 0 Å². The fourth-order valence-corrected chi connectivity index (χ4v) is 2.87. The van der Waals surface area contributed by atoms with Gasteiger partial charge in [0, 0.05) is 38.6 Å². The van der Waals surface area contributed by atoms with Crippen LogP contribution in [0.1, 0.15) is 20.8 Å². The van der Waals surface area contributed by atoms with Crippen molar-refractivity contribution in [3.63, 3.8) is 0 Å². The molecule has 1 saturated heterocycles. The van der Waals surface area contributed by atoms with Crippen molar-refractivity contribution in [3.8, 4) is 5.75 Å². The molecule has 0 aliphatic carbocycles. The zero-order valence-electron chi connectivity index (χ0n) is 16.7. The van der Waals surface area contributed by atoms with E-state index in [2.05, 4.69) is 4.90 Å². The topological polar surface area (TPSA) is 53.1 Å². The summed E-state index contributed by atoms with van der Waals surface area (Å²) >= 11 is 0. The van der Waals surface area contributed by atoms with Crippen molar-refractivity contribution in [1.82, 2.24) is 14.7 Å². The summed E-state index contributed by atoms with van der Waals surface area (Å²) in [6.45, 7) is 9.35. The third-order valence-corrected chi connectivity index (χ3v) is 4.61. The van der Waals surface area contributed by atoms with Crippen LogP contribution in [0, 0.1) is 11.2 Å². The molecule has 150 valence electrons. The van der Waals surface area contributed by atoms with Crippen LogP contribution in [0.5, 0.6) is 5.75 Å². The Morgan fingerprint density at radius 3 is 2.37 bits per heavy atom. The highest BCUT2D eigenvalue weighted by Gasteiger charge is 2.30. The van der Waals surface area contributed by atoms with Gasteiger partial charge in [-0.15, -0.1) is 0 Å². The number of rotatable bonds is 6. The Morgan fingerprint density at radius 1 is 1.15 bits per heavy atom. The zero-order chi connectivity index (χ0) is 20.0. The Hall–Kier alpha value is -2.15. The number of piperazine rings is 1. The fraction of sp³-hybridized carbons (Fsp3) is 0.600. The van der Waals surface area contributed by atoms with E-state index in [1.54, 1.807) is 30.1 Å². The molecule has 1 aliphatic rings. The minimum Gasteiger partial charge on any atom is -0.489 e. The average Bonchev–Trinajstić information content (AvgIpc) is 2.62. The van der Waals surface area contributed by atoms with Gasteiger partial charge < -0.3 is 14.5 Å². The van der Waals surface area contributed by atoms with Crippen LogP contribution in [0.2, 0.25) is 0 Å². The molecule has 1 heterocycles. The van der Waals surface area contributed by atoms with Crippen molar-refractivity contribution in [2.75, 3.05) is 52.9 Å². The molecule has 0 spiro atoms. The maximum Gasteiger partial charge on any atom is 0.236 e. The van der Waals surface area contributed by atoms with Crippen molar-refractivity contribution in [2.24, 2.45) is 5.41 Å². The summed E-state index contributed by atoms with van der Waals surface area (Å²) in [6, 6.07) is 6.22. The van der Waals surface area contributed by atoms with Gasteiger partial charge in [0.2, 0.25) is 11.8 Å². The molecule has 0 N–H and O–H groups in total. The van der Waals surface area contributed by atoms with Gasteiger partial charge in [-0.25, -0.2) is 4.39 Å². The molecule has 7 heteroatoms.